The number of hydrogen-bond donors (Lipinski definition) is 1. The number of nitrogens with zero attached hydrogens (tertiary/aromatic N) is 5. The fourth-order valence-electron chi connectivity index (χ4n) is 5.38. The van der Waals surface area contributed by atoms with Crippen LogP contribution in [0.5, 0.6) is 0 Å². The first kappa shape index (κ1) is 19.5. The van der Waals surface area contributed by atoms with E-state index in [9.17, 15) is 4.79 Å². The maximum Gasteiger partial charge on any atom is 0.166 e. The Bertz CT molecular complexity index is 1190. The van der Waals surface area contributed by atoms with Crippen LogP contribution in [0.2, 0.25) is 0 Å². The van der Waals surface area contributed by atoms with Gasteiger partial charge in [0.1, 0.15) is 11.6 Å². The predicted molar refractivity (Wildman–Crippen MR) is 123 cm³/mol. The third-order valence-electron chi connectivity index (χ3n) is 7.43. The summed E-state index contributed by atoms with van der Waals surface area (Å²) in [5.41, 5.74) is 11.0. The second-order valence-electron chi connectivity index (χ2n) is 9.69. The SMILES string of the molecule is Cc1cc(N2CC3CC3C2)ncc1Cn1cc(C(=O)C[C@@H]2CCc3nc(N)ccc32)cn1. The molecular formula is C25H28N6O. The van der Waals surface area contributed by atoms with Crippen LogP contribution >= 0.6 is 0 Å². The van der Waals surface area contributed by atoms with Crippen molar-refractivity contribution in [1.82, 2.24) is 19.7 Å². The standard InChI is InChI=1S/C25H28N6O/c1-15-6-25(30-11-17-7-18(17)12-30)27-9-19(15)13-31-14-20(10-28-31)23(32)8-16-2-4-22-21(16)3-5-24(26)29-22/h3,5-6,9-10,14,16-18H,2,4,7-8,11-13H2,1H3,(H2,26,29)/t16-,17?,18?/m0/s1. The lowest BCUT2D eigenvalue weighted by molar-refractivity contribution is 0.0973. The molecule has 4 heterocycles. The predicted octanol–water partition coefficient (Wildman–Crippen LogP) is 3.37. The number of carbonyl (C=O) groups is 1. The van der Waals surface area contributed by atoms with Crippen molar-refractivity contribution in [2.45, 2.75) is 45.1 Å². The third kappa shape index (κ3) is 3.55. The number of nitrogens with two attached hydrogens (primary N) is 1. The first-order valence-corrected chi connectivity index (χ1v) is 11.5. The van der Waals surface area contributed by atoms with Crippen molar-refractivity contribution in [2.75, 3.05) is 23.7 Å². The van der Waals surface area contributed by atoms with E-state index in [1.807, 2.05) is 29.2 Å². The molecule has 2 unspecified atom stereocenters. The Morgan fingerprint density at radius 3 is 2.88 bits per heavy atom. The number of ketones is 1. The van der Waals surface area contributed by atoms with Gasteiger partial charge in [0.25, 0.3) is 0 Å². The summed E-state index contributed by atoms with van der Waals surface area (Å²) in [4.78, 5) is 24.5. The topological polar surface area (TPSA) is 89.9 Å². The van der Waals surface area contributed by atoms with Gasteiger partial charge in [-0.1, -0.05) is 6.07 Å². The summed E-state index contributed by atoms with van der Waals surface area (Å²) in [6.07, 6.45) is 9.23. The zero-order valence-corrected chi connectivity index (χ0v) is 18.4. The second kappa shape index (κ2) is 7.43. The van der Waals surface area contributed by atoms with Crippen LogP contribution in [-0.4, -0.2) is 38.6 Å². The van der Waals surface area contributed by atoms with Crippen molar-refractivity contribution in [3.63, 3.8) is 0 Å². The first-order valence-electron chi connectivity index (χ1n) is 11.5. The van der Waals surface area contributed by atoms with Crippen LogP contribution in [0.3, 0.4) is 0 Å². The molecule has 0 aromatic carbocycles. The molecule has 0 spiro atoms. The summed E-state index contributed by atoms with van der Waals surface area (Å²) in [5, 5.41) is 4.45. The molecule has 164 valence electrons. The van der Waals surface area contributed by atoms with Gasteiger partial charge in [0.2, 0.25) is 0 Å². The maximum absolute atomic E-state index is 12.9. The summed E-state index contributed by atoms with van der Waals surface area (Å²) >= 11 is 0. The largest absolute Gasteiger partial charge is 0.384 e. The van der Waals surface area contributed by atoms with E-state index < -0.39 is 0 Å². The molecule has 7 nitrogen and oxygen atoms in total. The highest BCUT2D eigenvalue weighted by atomic mass is 16.1. The third-order valence-corrected chi connectivity index (χ3v) is 7.43. The van der Waals surface area contributed by atoms with Gasteiger partial charge in [0, 0.05) is 37.6 Å². The molecule has 7 heteroatoms. The number of pyridine rings is 2. The van der Waals surface area contributed by atoms with E-state index in [2.05, 4.69) is 28.0 Å². The first-order chi connectivity index (χ1) is 15.5. The van der Waals surface area contributed by atoms with E-state index in [4.69, 9.17) is 10.7 Å². The fourth-order valence-corrected chi connectivity index (χ4v) is 5.38. The number of aryl methyl sites for hydroxylation is 2. The van der Waals surface area contributed by atoms with Crippen LogP contribution in [0.25, 0.3) is 0 Å². The Balaban J connectivity index is 1.11. The zero-order chi connectivity index (χ0) is 21.8. The van der Waals surface area contributed by atoms with Gasteiger partial charge in [0.15, 0.2) is 5.78 Å². The lowest BCUT2D eigenvalue weighted by Gasteiger charge is -2.20. The minimum Gasteiger partial charge on any atom is -0.384 e. The van der Waals surface area contributed by atoms with E-state index in [1.54, 1.807) is 6.20 Å². The number of fused-ring (bicyclic) bond motifs is 2. The highest BCUT2D eigenvalue weighted by molar-refractivity contribution is 5.96. The van der Waals surface area contributed by atoms with Crippen molar-refractivity contribution < 1.29 is 4.79 Å². The molecule has 32 heavy (non-hydrogen) atoms. The van der Waals surface area contributed by atoms with Crippen molar-refractivity contribution in [3.05, 3.63) is 64.7 Å². The summed E-state index contributed by atoms with van der Waals surface area (Å²) in [5.74, 6) is 3.76. The van der Waals surface area contributed by atoms with Gasteiger partial charge in [-0.2, -0.15) is 5.10 Å². The molecular weight excluding hydrogens is 400 g/mol. The van der Waals surface area contributed by atoms with Gasteiger partial charge in [0.05, 0.1) is 18.3 Å². The van der Waals surface area contributed by atoms with E-state index >= 15 is 0 Å². The van der Waals surface area contributed by atoms with Crippen molar-refractivity contribution in [3.8, 4) is 0 Å². The zero-order valence-electron chi connectivity index (χ0n) is 18.4. The maximum atomic E-state index is 12.9. The molecule has 2 aliphatic carbocycles. The molecule has 6 rings (SSSR count). The molecule has 3 atom stereocenters. The summed E-state index contributed by atoms with van der Waals surface area (Å²) in [7, 11) is 0. The van der Waals surface area contributed by atoms with Crippen LogP contribution in [0.4, 0.5) is 11.6 Å². The highest BCUT2D eigenvalue weighted by Crippen LogP contribution is 2.46. The van der Waals surface area contributed by atoms with Crippen molar-refractivity contribution in [2.24, 2.45) is 11.8 Å². The van der Waals surface area contributed by atoms with Gasteiger partial charge >= 0.3 is 0 Å². The number of rotatable bonds is 6. The number of aromatic nitrogens is 4. The number of anilines is 2. The smallest absolute Gasteiger partial charge is 0.166 e. The quantitative estimate of drug-likeness (QED) is 0.606. The minimum atomic E-state index is 0.128. The van der Waals surface area contributed by atoms with Gasteiger partial charge in [-0.3, -0.25) is 9.48 Å². The number of hydrogen-bond acceptors (Lipinski definition) is 6. The number of Topliss-reactive ketones (excluding diaryl/α,β-unsaturated/α-hetero) is 1. The Labute approximate surface area is 187 Å². The van der Waals surface area contributed by atoms with Gasteiger partial charge in [-0.05, 0) is 72.8 Å². The van der Waals surface area contributed by atoms with Crippen molar-refractivity contribution in [1.29, 1.82) is 0 Å². The monoisotopic (exact) mass is 428 g/mol. The normalized spacial score (nSPS) is 23.3. The average molecular weight is 429 g/mol. The number of nitrogen functional groups attached to an aromatic ring is 1. The molecule has 1 saturated heterocycles. The van der Waals surface area contributed by atoms with Crippen molar-refractivity contribution >= 4 is 17.4 Å². The fraction of sp³-hybridized carbons (Fsp3) is 0.440. The molecule has 0 radical (unpaired) electrons. The van der Waals surface area contributed by atoms with Crippen LogP contribution in [0.1, 0.15) is 57.9 Å². The number of carbonyl (C=O) groups excluding carboxylic acids is 1. The van der Waals surface area contributed by atoms with Crippen LogP contribution in [0, 0.1) is 18.8 Å². The molecule has 0 bridgehead atoms. The average Bonchev–Trinajstić information content (AvgIpc) is 3.15. The lowest BCUT2D eigenvalue weighted by Crippen LogP contribution is -2.23. The van der Waals surface area contributed by atoms with Gasteiger partial charge in [-0.25, -0.2) is 9.97 Å². The Kier molecular flexibility index (Phi) is 4.52. The molecule has 3 aromatic heterocycles. The Morgan fingerprint density at radius 1 is 1.22 bits per heavy atom. The van der Waals surface area contributed by atoms with E-state index in [0.717, 1.165) is 60.4 Å². The summed E-state index contributed by atoms with van der Waals surface area (Å²) in [6.45, 7) is 5.05. The van der Waals surface area contributed by atoms with E-state index in [-0.39, 0.29) is 11.7 Å². The van der Waals surface area contributed by atoms with Gasteiger partial charge < -0.3 is 10.6 Å². The van der Waals surface area contributed by atoms with E-state index in [0.29, 0.717) is 24.3 Å². The molecule has 1 saturated carbocycles. The number of piperidine rings is 1. The molecule has 0 amide bonds. The Morgan fingerprint density at radius 2 is 2.06 bits per heavy atom. The highest BCUT2D eigenvalue weighted by Gasteiger charge is 2.45. The summed E-state index contributed by atoms with van der Waals surface area (Å²) in [6, 6.07) is 6.04. The van der Waals surface area contributed by atoms with E-state index in [1.165, 1.54) is 12.0 Å². The second-order valence-corrected chi connectivity index (χ2v) is 9.69. The lowest BCUT2D eigenvalue weighted by atomic mass is 9.95. The van der Waals surface area contributed by atoms with Crippen LogP contribution in [0.15, 0.2) is 36.8 Å². The molecule has 3 aliphatic rings. The van der Waals surface area contributed by atoms with Gasteiger partial charge in [-0.15, -0.1) is 0 Å². The molecule has 1 aliphatic heterocycles. The minimum absolute atomic E-state index is 0.128. The van der Waals surface area contributed by atoms with Crippen LogP contribution in [-0.2, 0) is 13.0 Å². The van der Waals surface area contributed by atoms with Crippen LogP contribution < -0.4 is 10.6 Å². The molecule has 3 aromatic rings. The molecule has 2 N–H and O–H groups in total. The summed E-state index contributed by atoms with van der Waals surface area (Å²) < 4.78 is 1.84. The Hall–Kier alpha value is -3.22. The molecule has 2 fully saturated rings.